The molecule has 2 aliphatic heterocycles. The number of para-hydroxylation sites is 2. The first-order valence-electron chi connectivity index (χ1n) is 5.73. The van der Waals surface area contributed by atoms with Crippen molar-refractivity contribution in [1.29, 1.82) is 0 Å². The molecular formula is C12H13N3O2. The van der Waals surface area contributed by atoms with E-state index in [9.17, 15) is 9.59 Å². The van der Waals surface area contributed by atoms with Gasteiger partial charge in [0.2, 0.25) is 11.8 Å². The second-order valence-corrected chi connectivity index (χ2v) is 4.20. The normalized spacial score (nSPS) is 19.3. The molecule has 1 aromatic rings. The van der Waals surface area contributed by atoms with Crippen LogP contribution in [0.1, 0.15) is 19.3 Å². The first-order chi connectivity index (χ1) is 8.27. The summed E-state index contributed by atoms with van der Waals surface area (Å²) in [7, 11) is 0. The van der Waals surface area contributed by atoms with Crippen LogP contribution in [0.3, 0.4) is 0 Å². The molecule has 2 amide bonds. The van der Waals surface area contributed by atoms with E-state index in [1.807, 2.05) is 24.3 Å². The molecule has 1 saturated heterocycles. The monoisotopic (exact) mass is 231 g/mol. The molecule has 0 bridgehead atoms. The van der Waals surface area contributed by atoms with E-state index in [1.165, 1.54) is 5.01 Å². The summed E-state index contributed by atoms with van der Waals surface area (Å²) in [5.41, 5.74) is 1.84. The zero-order valence-corrected chi connectivity index (χ0v) is 9.35. The van der Waals surface area contributed by atoms with Crippen LogP contribution in [0.2, 0.25) is 0 Å². The zero-order chi connectivity index (χ0) is 11.8. The van der Waals surface area contributed by atoms with Crippen LogP contribution in [0.15, 0.2) is 24.3 Å². The maximum absolute atomic E-state index is 11.8. The highest BCUT2D eigenvalue weighted by Gasteiger charge is 2.34. The topological polar surface area (TPSA) is 52.7 Å². The first kappa shape index (κ1) is 10.1. The third-order valence-electron chi connectivity index (χ3n) is 3.10. The van der Waals surface area contributed by atoms with Crippen LogP contribution in [-0.2, 0) is 9.59 Å². The van der Waals surface area contributed by atoms with Crippen LogP contribution in [0.25, 0.3) is 0 Å². The van der Waals surface area contributed by atoms with E-state index in [2.05, 4.69) is 5.32 Å². The SMILES string of the molecule is O=C1CCCC(=O)N1N1CNc2ccccc21. The Hall–Kier alpha value is -2.04. The number of nitrogens with zero attached hydrogens (tertiary/aromatic N) is 2. The number of amides is 2. The minimum absolute atomic E-state index is 0.111. The number of piperidine rings is 1. The molecule has 1 aromatic carbocycles. The Morgan fingerprint density at radius 3 is 2.53 bits per heavy atom. The maximum Gasteiger partial charge on any atom is 0.248 e. The number of hydrazine groups is 1. The number of benzene rings is 1. The fourth-order valence-corrected chi connectivity index (χ4v) is 2.28. The van der Waals surface area contributed by atoms with Crippen molar-refractivity contribution in [3.05, 3.63) is 24.3 Å². The average Bonchev–Trinajstić information content (AvgIpc) is 2.73. The summed E-state index contributed by atoms with van der Waals surface area (Å²) in [5.74, 6) is -0.223. The summed E-state index contributed by atoms with van der Waals surface area (Å²) < 4.78 is 0. The number of rotatable bonds is 1. The molecule has 3 rings (SSSR count). The molecular weight excluding hydrogens is 218 g/mol. The van der Waals surface area contributed by atoms with Gasteiger partial charge >= 0.3 is 0 Å². The molecule has 0 aliphatic carbocycles. The minimum Gasteiger partial charge on any atom is -0.364 e. The molecule has 0 spiro atoms. The van der Waals surface area contributed by atoms with Crippen LogP contribution in [0.4, 0.5) is 11.4 Å². The molecule has 0 unspecified atom stereocenters. The van der Waals surface area contributed by atoms with E-state index in [1.54, 1.807) is 5.01 Å². The maximum atomic E-state index is 11.8. The van der Waals surface area contributed by atoms with Crippen molar-refractivity contribution in [3.63, 3.8) is 0 Å². The second-order valence-electron chi connectivity index (χ2n) is 4.20. The van der Waals surface area contributed by atoms with Gasteiger partial charge < -0.3 is 5.32 Å². The first-order valence-corrected chi connectivity index (χ1v) is 5.73. The van der Waals surface area contributed by atoms with Gasteiger partial charge in [-0.15, -0.1) is 0 Å². The number of hydrogen-bond acceptors (Lipinski definition) is 4. The Morgan fingerprint density at radius 1 is 1.06 bits per heavy atom. The molecule has 2 aliphatic rings. The van der Waals surface area contributed by atoms with Gasteiger partial charge in [0.1, 0.15) is 6.67 Å². The van der Waals surface area contributed by atoms with Crippen molar-refractivity contribution in [2.45, 2.75) is 19.3 Å². The van der Waals surface area contributed by atoms with Crippen molar-refractivity contribution in [1.82, 2.24) is 5.01 Å². The van der Waals surface area contributed by atoms with Crippen LogP contribution in [-0.4, -0.2) is 23.5 Å². The molecule has 0 atom stereocenters. The van der Waals surface area contributed by atoms with Gasteiger partial charge in [-0.1, -0.05) is 12.1 Å². The molecule has 17 heavy (non-hydrogen) atoms. The fourth-order valence-electron chi connectivity index (χ4n) is 2.28. The summed E-state index contributed by atoms with van der Waals surface area (Å²) in [6.45, 7) is 0.469. The smallest absolute Gasteiger partial charge is 0.248 e. The molecule has 1 N–H and O–H groups in total. The van der Waals surface area contributed by atoms with E-state index < -0.39 is 0 Å². The van der Waals surface area contributed by atoms with Gasteiger partial charge in [0, 0.05) is 12.8 Å². The molecule has 5 heteroatoms. The number of imide groups is 1. The number of carbonyl (C=O) groups is 2. The van der Waals surface area contributed by atoms with Crippen molar-refractivity contribution in [2.75, 3.05) is 17.0 Å². The number of carbonyl (C=O) groups excluding carboxylic acids is 2. The van der Waals surface area contributed by atoms with Crippen molar-refractivity contribution >= 4 is 23.2 Å². The van der Waals surface area contributed by atoms with Gasteiger partial charge in [0.15, 0.2) is 0 Å². The number of anilines is 2. The van der Waals surface area contributed by atoms with Gasteiger partial charge in [-0.2, -0.15) is 5.01 Å². The molecule has 5 nitrogen and oxygen atoms in total. The van der Waals surface area contributed by atoms with E-state index >= 15 is 0 Å². The summed E-state index contributed by atoms with van der Waals surface area (Å²) in [6.07, 6.45) is 1.56. The van der Waals surface area contributed by atoms with Crippen LogP contribution in [0, 0.1) is 0 Å². The molecule has 88 valence electrons. The lowest BCUT2D eigenvalue weighted by atomic mass is 10.1. The van der Waals surface area contributed by atoms with Gasteiger partial charge in [-0.05, 0) is 18.6 Å². The highest BCUT2D eigenvalue weighted by atomic mass is 16.2. The summed E-state index contributed by atoms with van der Waals surface area (Å²) in [4.78, 5) is 23.7. The molecule has 0 aromatic heterocycles. The van der Waals surface area contributed by atoms with Crippen LogP contribution in [0.5, 0.6) is 0 Å². The highest BCUT2D eigenvalue weighted by Crippen LogP contribution is 2.33. The number of nitrogens with one attached hydrogen (secondary N) is 1. The van der Waals surface area contributed by atoms with Crippen molar-refractivity contribution in [2.24, 2.45) is 0 Å². The molecule has 0 radical (unpaired) electrons. The lowest BCUT2D eigenvalue weighted by molar-refractivity contribution is -0.148. The summed E-state index contributed by atoms with van der Waals surface area (Å²) in [6, 6.07) is 7.67. The van der Waals surface area contributed by atoms with E-state index in [4.69, 9.17) is 0 Å². The fraction of sp³-hybridized carbons (Fsp3) is 0.333. The number of fused-ring (bicyclic) bond motifs is 1. The largest absolute Gasteiger partial charge is 0.364 e. The Bertz CT molecular complexity index is 470. The standard InChI is InChI=1S/C12H13N3O2/c16-11-6-3-7-12(17)15(11)14-8-13-9-4-1-2-5-10(9)14/h1-2,4-5,13H,3,6-8H2. The van der Waals surface area contributed by atoms with E-state index in [0.717, 1.165) is 11.4 Å². The Balaban J connectivity index is 1.95. The van der Waals surface area contributed by atoms with E-state index in [0.29, 0.717) is 25.9 Å². The Morgan fingerprint density at radius 2 is 1.76 bits per heavy atom. The predicted octanol–water partition coefficient (Wildman–Crippen LogP) is 1.33. The van der Waals surface area contributed by atoms with Gasteiger partial charge in [-0.3, -0.25) is 14.6 Å². The Kier molecular flexibility index (Phi) is 2.24. The summed E-state index contributed by atoms with van der Waals surface area (Å²) in [5, 5.41) is 6.17. The molecule has 0 saturated carbocycles. The quantitative estimate of drug-likeness (QED) is 0.741. The molecule has 1 fully saturated rings. The lowest BCUT2D eigenvalue weighted by Crippen LogP contribution is -2.52. The lowest BCUT2D eigenvalue weighted by Gasteiger charge is -2.33. The average molecular weight is 231 g/mol. The predicted molar refractivity (Wildman–Crippen MR) is 63.1 cm³/mol. The van der Waals surface area contributed by atoms with Gasteiger partial charge in [0.05, 0.1) is 11.4 Å². The van der Waals surface area contributed by atoms with Crippen molar-refractivity contribution in [3.8, 4) is 0 Å². The third-order valence-corrected chi connectivity index (χ3v) is 3.10. The minimum atomic E-state index is -0.111. The number of hydrogen-bond donors (Lipinski definition) is 1. The second kappa shape index (κ2) is 3.76. The van der Waals surface area contributed by atoms with Gasteiger partial charge in [-0.25, -0.2) is 0 Å². The van der Waals surface area contributed by atoms with Crippen LogP contribution >= 0.6 is 0 Å². The highest BCUT2D eigenvalue weighted by molar-refractivity contribution is 6.00. The van der Waals surface area contributed by atoms with Gasteiger partial charge in [0.25, 0.3) is 0 Å². The Labute approximate surface area is 99.0 Å². The summed E-state index contributed by atoms with van der Waals surface area (Å²) >= 11 is 0. The third kappa shape index (κ3) is 1.54. The molecule has 2 heterocycles. The van der Waals surface area contributed by atoms with Crippen molar-refractivity contribution < 1.29 is 9.59 Å². The van der Waals surface area contributed by atoms with Crippen LogP contribution < -0.4 is 10.3 Å². The van der Waals surface area contributed by atoms with E-state index in [-0.39, 0.29) is 11.8 Å². The zero-order valence-electron chi connectivity index (χ0n) is 9.35.